The minimum atomic E-state index is -0.458. The van der Waals surface area contributed by atoms with Gasteiger partial charge < -0.3 is 11.1 Å². The molecule has 0 radical (unpaired) electrons. The second-order valence-electron chi connectivity index (χ2n) is 3.70. The van der Waals surface area contributed by atoms with Crippen LogP contribution >= 0.6 is 0 Å². The summed E-state index contributed by atoms with van der Waals surface area (Å²) < 4.78 is 1.22. The number of nitrogens with one attached hydrogen (secondary N) is 1. The van der Waals surface area contributed by atoms with Crippen molar-refractivity contribution < 1.29 is 4.79 Å². The molecule has 0 atom stereocenters. The van der Waals surface area contributed by atoms with Crippen LogP contribution in [-0.4, -0.2) is 15.5 Å². The van der Waals surface area contributed by atoms with Crippen molar-refractivity contribution in [2.75, 3.05) is 11.1 Å². The maximum atomic E-state index is 11.7. The predicted molar refractivity (Wildman–Crippen MR) is 68.0 cm³/mol. The van der Waals surface area contributed by atoms with Crippen LogP contribution in [0.2, 0.25) is 0 Å². The number of amides is 1. The Bertz CT molecular complexity index is 621. The summed E-state index contributed by atoms with van der Waals surface area (Å²) >= 11 is 0. The minimum Gasteiger partial charge on any atom is -0.399 e. The number of rotatable bonds is 3. The van der Waals surface area contributed by atoms with E-state index in [1.807, 2.05) is 0 Å². The summed E-state index contributed by atoms with van der Waals surface area (Å²) in [6.45, 7) is -0.0819. The lowest BCUT2D eigenvalue weighted by Gasteiger charge is -2.07. The number of nitrogen functional groups attached to an aromatic ring is 1. The second-order valence-corrected chi connectivity index (χ2v) is 3.70. The van der Waals surface area contributed by atoms with E-state index in [0.29, 0.717) is 11.4 Å². The fourth-order valence-corrected chi connectivity index (χ4v) is 1.48. The van der Waals surface area contributed by atoms with Crippen molar-refractivity contribution in [2.45, 2.75) is 6.54 Å². The fourth-order valence-electron chi connectivity index (χ4n) is 1.48. The normalized spacial score (nSPS) is 10.0. The van der Waals surface area contributed by atoms with Crippen LogP contribution < -0.4 is 16.7 Å². The van der Waals surface area contributed by atoms with Gasteiger partial charge in [-0.1, -0.05) is 6.07 Å². The van der Waals surface area contributed by atoms with Crippen LogP contribution in [0.25, 0.3) is 0 Å². The van der Waals surface area contributed by atoms with E-state index in [1.54, 1.807) is 30.3 Å². The van der Waals surface area contributed by atoms with E-state index in [4.69, 9.17) is 5.73 Å². The molecular weight excluding hydrogens is 232 g/mol. The van der Waals surface area contributed by atoms with Gasteiger partial charge in [-0.3, -0.25) is 9.36 Å². The molecule has 3 N–H and O–H groups in total. The first-order chi connectivity index (χ1) is 8.65. The molecule has 0 saturated heterocycles. The van der Waals surface area contributed by atoms with Crippen molar-refractivity contribution in [1.82, 2.24) is 9.55 Å². The Labute approximate surface area is 103 Å². The lowest BCUT2D eigenvalue weighted by atomic mass is 10.3. The molecule has 2 rings (SSSR count). The van der Waals surface area contributed by atoms with Crippen molar-refractivity contribution >= 4 is 17.3 Å². The van der Waals surface area contributed by atoms with E-state index >= 15 is 0 Å². The lowest BCUT2D eigenvalue weighted by Crippen LogP contribution is -2.28. The molecule has 1 amide bonds. The smallest absolute Gasteiger partial charge is 0.347 e. The van der Waals surface area contributed by atoms with Crippen LogP contribution in [0.15, 0.2) is 47.5 Å². The Balaban J connectivity index is 2.06. The van der Waals surface area contributed by atoms with Crippen molar-refractivity contribution in [2.24, 2.45) is 0 Å². The van der Waals surface area contributed by atoms with Gasteiger partial charge in [0.2, 0.25) is 5.91 Å². The summed E-state index contributed by atoms with van der Waals surface area (Å²) in [6, 6.07) is 8.42. The van der Waals surface area contributed by atoms with E-state index in [1.165, 1.54) is 17.0 Å². The third kappa shape index (κ3) is 2.94. The molecule has 92 valence electrons. The largest absolute Gasteiger partial charge is 0.399 e. The van der Waals surface area contributed by atoms with Gasteiger partial charge in [-0.2, -0.15) is 0 Å². The molecule has 0 aliphatic carbocycles. The predicted octanol–water partition coefficient (Wildman–Crippen LogP) is 0.464. The summed E-state index contributed by atoms with van der Waals surface area (Å²) in [6.07, 6.45) is 2.89. The van der Waals surface area contributed by atoms with Crippen LogP contribution in [0.4, 0.5) is 11.4 Å². The van der Waals surface area contributed by atoms with Crippen molar-refractivity contribution in [3.63, 3.8) is 0 Å². The van der Waals surface area contributed by atoms with Crippen molar-refractivity contribution in [3.8, 4) is 0 Å². The van der Waals surface area contributed by atoms with Gasteiger partial charge >= 0.3 is 5.69 Å². The zero-order chi connectivity index (χ0) is 13.0. The maximum Gasteiger partial charge on any atom is 0.347 e. The number of carbonyl (C=O) groups is 1. The van der Waals surface area contributed by atoms with Crippen LogP contribution in [0.1, 0.15) is 0 Å². The second kappa shape index (κ2) is 5.13. The Morgan fingerprint density at radius 3 is 2.94 bits per heavy atom. The molecule has 1 heterocycles. The number of carbonyl (C=O) groups excluding carboxylic acids is 1. The molecule has 0 saturated carbocycles. The van der Waals surface area contributed by atoms with Crippen LogP contribution in [-0.2, 0) is 11.3 Å². The number of nitrogens with two attached hydrogens (primary N) is 1. The van der Waals surface area contributed by atoms with Gasteiger partial charge in [-0.25, -0.2) is 9.78 Å². The van der Waals surface area contributed by atoms with Crippen molar-refractivity contribution in [1.29, 1.82) is 0 Å². The Hall–Kier alpha value is -2.63. The lowest BCUT2D eigenvalue weighted by molar-refractivity contribution is -0.116. The average Bonchev–Trinajstić information content (AvgIpc) is 2.32. The molecule has 18 heavy (non-hydrogen) atoms. The van der Waals surface area contributed by atoms with Gasteiger partial charge in [0.1, 0.15) is 6.54 Å². The van der Waals surface area contributed by atoms with Crippen molar-refractivity contribution in [3.05, 3.63) is 53.2 Å². The topological polar surface area (TPSA) is 90.0 Å². The van der Waals surface area contributed by atoms with Gasteiger partial charge in [0.25, 0.3) is 0 Å². The van der Waals surface area contributed by atoms with E-state index < -0.39 is 5.69 Å². The standard InChI is InChI=1S/C12H12N4O2/c13-9-3-1-4-10(7-9)15-11(17)8-16-6-2-5-14-12(16)18/h1-7H,8,13H2,(H,15,17). The van der Waals surface area contributed by atoms with Crippen LogP contribution in [0, 0.1) is 0 Å². The monoisotopic (exact) mass is 244 g/mol. The molecule has 0 aliphatic rings. The van der Waals surface area contributed by atoms with Crippen LogP contribution in [0.5, 0.6) is 0 Å². The first kappa shape index (κ1) is 11.8. The fraction of sp³-hybridized carbons (Fsp3) is 0.0833. The highest BCUT2D eigenvalue weighted by atomic mass is 16.2. The number of benzene rings is 1. The van der Waals surface area contributed by atoms with Gasteiger partial charge in [0.05, 0.1) is 0 Å². The minimum absolute atomic E-state index is 0.0819. The zero-order valence-electron chi connectivity index (χ0n) is 9.54. The number of nitrogens with zero attached hydrogens (tertiary/aromatic N) is 2. The van der Waals surface area contributed by atoms with Gasteiger partial charge in [0.15, 0.2) is 0 Å². The Morgan fingerprint density at radius 2 is 2.22 bits per heavy atom. The summed E-state index contributed by atoms with van der Waals surface area (Å²) in [5.74, 6) is -0.310. The number of hydrogen-bond acceptors (Lipinski definition) is 4. The molecule has 6 nitrogen and oxygen atoms in total. The third-order valence-electron chi connectivity index (χ3n) is 2.27. The molecule has 0 aliphatic heterocycles. The molecule has 2 aromatic rings. The SMILES string of the molecule is Nc1cccc(NC(=O)Cn2cccnc2=O)c1. The summed E-state index contributed by atoms with van der Waals surface area (Å²) in [4.78, 5) is 26.6. The molecule has 1 aromatic heterocycles. The molecule has 0 unspecified atom stereocenters. The summed E-state index contributed by atoms with van der Waals surface area (Å²) in [5.41, 5.74) is 6.29. The Morgan fingerprint density at radius 1 is 1.39 bits per heavy atom. The molecule has 1 aromatic carbocycles. The van der Waals surface area contributed by atoms with Gasteiger partial charge in [-0.15, -0.1) is 0 Å². The number of anilines is 2. The first-order valence-electron chi connectivity index (χ1n) is 5.32. The molecule has 0 fully saturated rings. The number of aromatic nitrogens is 2. The molecule has 6 heteroatoms. The summed E-state index contributed by atoms with van der Waals surface area (Å²) in [5, 5.41) is 2.65. The maximum absolute atomic E-state index is 11.7. The van der Waals surface area contributed by atoms with E-state index in [-0.39, 0.29) is 12.5 Å². The molecule has 0 bridgehead atoms. The van der Waals surface area contributed by atoms with Gasteiger partial charge in [-0.05, 0) is 24.3 Å². The molecular formula is C12H12N4O2. The zero-order valence-corrected chi connectivity index (χ0v) is 9.54. The highest BCUT2D eigenvalue weighted by Crippen LogP contribution is 2.11. The molecule has 0 spiro atoms. The quantitative estimate of drug-likeness (QED) is 0.768. The first-order valence-corrected chi connectivity index (χ1v) is 5.32. The van der Waals surface area contributed by atoms with Gasteiger partial charge in [0, 0.05) is 23.8 Å². The van der Waals surface area contributed by atoms with E-state index in [0.717, 1.165) is 0 Å². The Kier molecular flexibility index (Phi) is 3.38. The van der Waals surface area contributed by atoms with E-state index in [9.17, 15) is 9.59 Å². The summed E-state index contributed by atoms with van der Waals surface area (Å²) in [7, 11) is 0. The van der Waals surface area contributed by atoms with Crippen LogP contribution in [0.3, 0.4) is 0 Å². The highest BCUT2D eigenvalue weighted by Gasteiger charge is 2.05. The van der Waals surface area contributed by atoms with E-state index in [2.05, 4.69) is 10.3 Å². The highest BCUT2D eigenvalue weighted by molar-refractivity contribution is 5.90. The average molecular weight is 244 g/mol. The third-order valence-corrected chi connectivity index (χ3v) is 2.27. The number of hydrogen-bond donors (Lipinski definition) is 2.